The minimum Gasteiger partial charge on any atom is -0.392 e. The lowest BCUT2D eigenvalue weighted by molar-refractivity contribution is -0.333. The molecule has 0 bridgehead atoms. The second-order valence-electron chi connectivity index (χ2n) is 47.5. The average molecular weight is 2060 g/mol. The Kier molecular flexibility index (Phi) is 55.0. The van der Waals surface area contributed by atoms with Crippen LogP contribution in [0.4, 0.5) is 0 Å². The quantitative estimate of drug-likeness (QED) is 0.0677. The van der Waals surface area contributed by atoms with Gasteiger partial charge >= 0.3 is 0 Å². The SMILES string of the molecule is CCC1O[C@@H](OC2[C@@H](OC)OC(CC)[C@@H](C)[C@@H]2C)C(C)[C@@H](C)[C@@H]1C.CCC1O[C@H](OC2[C@@H](OC)OC(CC)[C@@H](C)[C@@H]2C)C(C)[C@@H](C)[C@@H]1C.CCC1O[C@H](O[C@@H]2C(C)[C@@H](OC)OC(CC)[C@H]2C)C(C)[C@@H](C)[C@@H]1C.CCC1O[C@H](O[C@@H]2C(C)[C@@H](OC)OC(CC)[C@H]2C)C(C)[C@@H](C)[C@@H]1C.CCC1O[C@H](O[C@@H]2C(C)[C@@H](OC)OC(CC)[C@H]2C)C(C)[C@@H](O)[C@@H]1C.CCC1O[C@H](O[C@@H]2C(C)[C@@H](OC)OC(CC)[C@H]2C)C(O)[C@@H](C)[C@@H]1C. The summed E-state index contributed by atoms with van der Waals surface area (Å²) < 4.78 is 147. The molecule has 12 heterocycles. The van der Waals surface area contributed by atoms with Crippen LogP contribution in [0, 0.1) is 166 Å². The second kappa shape index (κ2) is 61.0. The molecule has 0 spiro atoms. The van der Waals surface area contributed by atoms with Gasteiger partial charge in [-0.2, -0.15) is 0 Å². The number of methoxy groups -OCH3 is 6. The first kappa shape index (κ1) is 130. The van der Waals surface area contributed by atoms with Crippen molar-refractivity contribution in [2.24, 2.45) is 166 Å². The van der Waals surface area contributed by atoms with E-state index in [1.807, 2.05) is 6.92 Å². The summed E-state index contributed by atoms with van der Waals surface area (Å²) in [4.78, 5) is 0. The zero-order valence-corrected chi connectivity index (χ0v) is 99.8. The third-order valence-electron chi connectivity index (χ3n) is 39.3. The summed E-state index contributed by atoms with van der Waals surface area (Å²) in [5.74, 6) is 10.1. The molecule has 0 aromatic carbocycles. The van der Waals surface area contributed by atoms with Gasteiger partial charge in [-0.15, -0.1) is 0 Å². The van der Waals surface area contributed by atoms with E-state index < -0.39 is 18.5 Å². The molecule has 0 aromatic rings. The van der Waals surface area contributed by atoms with Crippen molar-refractivity contribution in [3.05, 3.63) is 0 Å². The molecule has 12 saturated heterocycles. The third kappa shape index (κ3) is 30.9. The molecule has 0 aromatic heterocycles. The standard InChI is InChI=1S/4C20H38O4.2C19H36O5/c2*1-9-16-12(4)11(3)15(7)19(22-16)24-18-14(6)13(5)17(10-2)23-20(18)21-8;2*1-9-16-12(4)11(3)13(5)20(23-16)24-18-14(6)17(10-2)22-19(21-8)15(18)7;1-8-14-10(3)16(20)12(5)19(23-14)24-17-11(4)15(9-2)22-18(21-7)13(17)6;1-8-14-10(3)11(4)16(20)19(23-14)24-17-12(5)15(9-2)22-18(21-7)13(17)6/h4*11-20H,9-10H2,1-8H3;2*10-20H,8-9H2,1-7H3/t11-,12-,13-,14-,15?,16?,17?,18?,19+,20-;11-,12-,13-,14-,15?,16?,17?,18?,19-,20-;2*11-,12-,13?,14+,15?,16?,17?,18-,19-,20+;10-,11-,12?,13?,14?,15?,16+,17+,18+,19-;10-,11-,12+,13?,14?,15?,16?,17-,18-,19+/m000010/s1. The lowest BCUT2D eigenvalue weighted by Gasteiger charge is -2.49. The van der Waals surface area contributed by atoms with Crippen LogP contribution in [0.15, 0.2) is 0 Å². The molecule has 26 heteroatoms. The van der Waals surface area contributed by atoms with E-state index >= 15 is 0 Å². The van der Waals surface area contributed by atoms with E-state index in [1.165, 1.54) is 0 Å². The Hall–Kier alpha value is -1.04. The molecule has 0 amide bonds. The van der Waals surface area contributed by atoms with Crippen molar-refractivity contribution >= 4 is 0 Å². The Morgan fingerprint density at radius 3 is 0.493 bits per heavy atom. The van der Waals surface area contributed by atoms with Crippen LogP contribution in [-0.2, 0) is 114 Å². The minimum atomic E-state index is -0.605. The Morgan fingerprint density at radius 1 is 0.132 bits per heavy atom. The predicted octanol–water partition coefficient (Wildman–Crippen LogP) is 24.3. The van der Waals surface area contributed by atoms with E-state index in [0.29, 0.717) is 112 Å². The fraction of sp³-hybridized carbons (Fsp3) is 1.00. The summed E-state index contributed by atoms with van der Waals surface area (Å²) in [6.07, 6.45) is 9.75. The summed E-state index contributed by atoms with van der Waals surface area (Å²) >= 11 is 0. The molecule has 0 saturated carbocycles. The van der Waals surface area contributed by atoms with Gasteiger partial charge in [0, 0.05) is 126 Å². The van der Waals surface area contributed by atoms with Gasteiger partial charge in [0.2, 0.25) is 0 Å². The van der Waals surface area contributed by atoms with Crippen LogP contribution >= 0.6 is 0 Å². The molecule has 0 radical (unpaired) electrons. The fourth-order valence-electron chi connectivity index (χ4n) is 26.3. The smallest absolute Gasteiger partial charge is 0.184 e. The van der Waals surface area contributed by atoms with Gasteiger partial charge in [0.05, 0.1) is 104 Å². The fourth-order valence-corrected chi connectivity index (χ4v) is 26.3. The zero-order chi connectivity index (χ0) is 108. The summed E-state index contributed by atoms with van der Waals surface area (Å²) in [6, 6.07) is 0. The predicted molar refractivity (Wildman–Crippen MR) is 567 cm³/mol. The molecule has 144 heavy (non-hydrogen) atoms. The Morgan fingerprint density at radius 2 is 0.285 bits per heavy atom. The number of aliphatic hydroxyl groups excluding tert-OH is 2. The summed E-state index contributed by atoms with van der Waals surface area (Å²) in [6.45, 7) is 88.1. The molecule has 26 nitrogen and oxygen atoms in total. The van der Waals surface area contributed by atoms with Gasteiger partial charge in [-0.1, -0.05) is 277 Å². The molecular weight excluding hydrogens is 1830 g/mol. The lowest BCUT2D eigenvalue weighted by Crippen LogP contribution is -2.56. The maximum absolute atomic E-state index is 10.7. The first-order valence-electron chi connectivity index (χ1n) is 58.4. The van der Waals surface area contributed by atoms with E-state index in [9.17, 15) is 10.2 Å². The van der Waals surface area contributed by atoms with E-state index in [2.05, 4.69) is 270 Å². The molecule has 60 atom stereocenters. The second-order valence-corrected chi connectivity index (χ2v) is 47.5. The van der Waals surface area contributed by atoms with Crippen LogP contribution in [0.3, 0.4) is 0 Å². The van der Waals surface area contributed by atoms with Gasteiger partial charge < -0.3 is 124 Å². The molecule has 2 N–H and O–H groups in total. The van der Waals surface area contributed by atoms with Crippen LogP contribution in [0.2, 0.25) is 0 Å². The van der Waals surface area contributed by atoms with Crippen molar-refractivity contribution in [1.82, 2.24) is 0 Å². The largest absolute Gasteiger partial charge is 0.392 e. The van der Waals surface area contributed by atoms with Crippen molar-refractivity contribution in [2.75, 3.05) is 42.7 Å². The van der Waals surface area contributed by atoms with Crippen LogP contribution in [0.5, 0.6) is 0 Å². The van der Waals surface area contributed by atoms with Gasteiger partial charge in [0.25, 0.3) is 0 Å². The Labute approximate surface area is 879 Å². The number of hydrogen-bond acceptors (Lipinski definition) is 26. The topological polar surface area (TPSA) is 262 Å². The van der Waals surface area contributed by atoms with Gasteiger partial charge in [0.15, 0.2) is 75.5 Å². The third-order valence-corrected chi connectivity index (χ3v) is 39.3. The van der Waals surface area contributed by atoms with Gasteiger partial charge in [-0.25, -0.2) is 0 Å². The van der Waals surface area contributed by atoms with E-state index in [0.717, 1.165) is 77.0 Å². The van der Waals surface area contributed by atoms with Crippen molar-refractivity contribution in [3.63, 3.8) is 0 Å². The molecule has 12 rings (SSSR count). The summed E-state index contributed by atoms with van der Waals surface area (Å²) in [7, 11) is 10.2. The highest BCUT2D eigenvalue weighted by Gasteiger charge is 2.56. The Bertz CT molecular complexity index is 3010. The molecule has 12 fully saturated rings. The number of rotatable bonds is 30. The van der Waals surface area contributed by atoms with E-state index in [-0.39, 0.29) is 232 Å². The minimum absolute atomic E-state index is 0.0146. The van der Waals surface area contributed by atoms with Gasteiger partial charge in [-0.3, -0.25) is 0 Å². The highest BCUT2D eigenvalue weighted by molar-refractivity contribution is 4.98. The van der Waals surface area contributed by atoms with Gasteiger partial charge in [-0.05, 0) is 160 Å². The Balaban J connectivity index is 0.000000234. The first-order chi connectivity index (χ1) is 68.1. The first-order valence-corrected chi connectivity index (χ1v) is 58.4. The highest BCUT2D eigenvalue weighted by Crippen LogP contribution is 2.50. The van der Waals surface area contributed by atoms with Crippen molar-refractivity contribution in [2.45, 2.75) is 552 Å². The van der Waals surface area contributed by atoms with E-state index in [4.69, 9.17) is 114 Å². The van der Waals surface area contributed by atoms with Crippen molar-refractivity contribution in [1.29, 1.82) is 0 Å². The maximum Gasteiger partial charge on any atom is 0.184 e. The number of ether oxygens (including phenoxy) is 24. The average Bonchev–Trinajstić information content (AvgIpc) is 0.798. The van der Waals surface area contributed by atoms with Crippen LogP contribution in [0.1, 0.15) is 354 Å². The maximum atomic E-state index is 10.7. The highest BCUT2D eigenvalue weighted by atomic mass is 16.8. The molecule has 12 aliphatic rings. The summed E-state index contributed by atoms with van der Waals surface area (Å²) in [5, 5.41) is 21.2. The van der Waals surface area contributed by atoms with Crippen molar-refractivity contribution in [3.8, 4) is 0 Å². The van der Waals surface area contributed by atoms with Crippen LogP contribution in [-0.4, -0.2) is 250 Å². The normalized spacial score (nSPS) is 50.0. The zero-order valence-electron chi connectivity index (χ0n) is 99.8. The van der Waals surface area contributed by atoms with Crippen molar-refractivity contribution < 1.29 is 124 Å². The molecule has 0 aliphatic carbocycles. The molecule has 852 valence electrons. The van der Waals surface area contributed by atoms with E-state index in [1.54, 1.807) is 42.7 Å². The summed E-state index contributed by atoms with van der Waals surface area (Å²) in [5.41, 5.74) is 0. The molecule has 12 aliphatic heterocycles. The monoisotopic (exact) mass is 2060 g/mol. The molecular formula is C118H224O26. The van der Waals surface area contributed by atoms with Crippen LogP contribution < -0.4 is 0 Å². The number of hydrogen-bond donors (Lipinski definition) is 2. The van der Waals surface area contributed by atoms with Crippen LogP contribution in [0.25, 0.3) is 0 Å². The van der Waals surface area contributed by atoms with Gasteiger partial charge in [0.1, 0.15) is 18.3 Å². The lowest BCUT2D eigenvalue weighted by atomic mass is 9.78. The molecule has 24 unspecified atom stereocenters. The number of aliphatic hydroxyl groups is 2.